The minimum atomic E-state index is -3.03. The lowest BCUT2D eigenvalue weighted by Crippen LogP contribution is -2.09. The molecule has 0 unspecified atom stereocenters. The monoisotopic (exact) mass is 240 g/mol. The Balaban J connectivity index is 3.40. The van der Waals surface area contributed by atoms with Gasteiger partial charge in [0.2, 0.25) is 0 Å². The molecule has 0 aliphatic rings. The van der Waals surface area contributed by atoms with Crippen molar-refractivity contribution >= 4 is 23.2 Å². The van der Waals surface area contributed by atoms with E-state index in [1.54, 1.807) is 0 Å². The molecule has 0 radical (unpaired) electrons. The Morgan fingerprint density at radius 1 is 1.29 bits per heavy atom. The Morgan fingerprint density at radius 2 is 1.86 bits per heavy atom. The number of benzene rings is 1. The molecule has 0 aliphatic heterocycles. The zero-order chi connectivity index (χ0) is 10.9. The summed E-state index contributed by atoms with van der Waals surface area (Å²) in [7, 11) is 1.28. The molecule has 78 valence electrons. The van der Waals surface area contributed by atoms with E-state index in [4.69, 9.17) is 27.9 Å². The van der Waals surface area contributed by atoms with Crippen LogP contribution in [0.3, 0.4) is 0 Å². The van der Waals surface area contributed by atoms with E-state index in [2.05, 4.69) is 0 Å². The SMILES string of the molecule is COc1c(Cl)cc(Cl)cc1C(C)(F)F. The normalized spacial score (nSPS) is 11.6. The second-order valence-corrected chi connectivity index (χ2v) is 3.70. The van der Waals surface area contributed by atoms with Crippen molar-refractivity contribution in [3.63, 3.8) is 0 Å². The van der Waals surface area contributed by atoms with Crippen molar-refractivity contribution in [2.45, 2.75) is 12.8 Å². The molecule has 0 fully saturated rings. The zero-order valence-electron chi connectivity index (χ0n) is 7.57. The van der Waals surface area contributed by atoms with Crippen LogP contribution in [0.1, 0.15) is 12.5 Å². The predicted molar refractivity (Wildman–Crippen MR) is 52.6 cm³/mol. The second-order valence-electron chi connectivity index (χ2n) is 2.86. The highest BCUT2D eigenvalue weighted by Crippen LogP contribution is 2.40. The van der Waals surface area contributed by atoms with E-state index in [0.717, 1.165) is 13.0 Å². The van der Waals surface area contributed by atoms with Crippen molar-refractivity contribution in [3.8, 4) is 5.75 Å². The van der Waals surface area contributed by atoms with E-state index in [0.29, 0.717) is 0 Å². The summed E-state index contributed by atoms with van der Waals surface area (Å²) in [5.41, 5.74) is -0.308. The van der Waals surface area contributed by atoms with Gasteiger partial charge in [-0.1, -0.05) is 23.2 Å². The van der Waals surface area contributed by atoms with E-state index in [9.17, 15) is 8.78 Å². The topological polar surface area (TPSA) is 9.23 Å². The number of methoxy groups -OCH3 is 1. The maximum Gasteiger partial charge on any atom is 0.274 e. The van der Waals surface area contributed by atoms with Gasteiger partial charge in [0.05, 0.1) is 17.7 Å². The highest BCUT2D eigenvalue weighted by molar-refractivity contribution is 6.35. The molecule has 0 spiro atoms. The summed E-state index contributed by atoms with van der Waals surface area (Å²) in [6.45, 7) is 0.761. The van der Waals surface area contributed by atoms with Gasteiger partial charge in [0, 0.05) is 11.9 Å². The molecule has 0 bridgehead atoms. The molecule has 14 heavy (non-hydrogen) atoms. The smallest absolute Gasteiger partial charge is 0.274 e. The van der Waals surface area contributed by atoms with E-state index >= 15 is 0 Å². The Kier molecular flexibility index (Phi) is 3.22. The van der Waals surface area contributed by atoms with Crippen molar-refractivity contribution in [1.29, 1.82) is 0 Å². The van der Waals surface area contributed by atoms with E-state index in [1.807, 2.05) is 0 Å². The Hall–Kier alpha value is -0.540. The summed E-state index contributed by atoms with van der Waals surface area (Å²) >= 11 is 11.3. The molecule has 0 heterocycles. The zero-order valence-corrected chi connectivity index (χ0v) is 9.09. The minimum absolute atomic E-state index is 0.0384. The fourth-order valence-corrected chi connectivity index (χ4v) is 1.66. The van der Waals surface area contributed by atoms with E-state index in [1.165, 1.54) is 13.2 Å². The van der Waals surface area contributed by atoms with Gasteiger partial charge in [0.15, 0.2) is 0 Å². The van der Waals surface area contributed by atoms with E-state index < -0.39 is 5.92 Å². The van der Waals surface area contributed by atoms with Crippen molar-refractivity contribution in [1.82, 2.24) is 0 Å². The predicted octanol–water partition coefficient (Wildman–Crippen LogP) is 4.11. The van der Waals surface area contributed by atoms with Crippen molar-refractivity contribution in [2.24, 2.45) is 0 Å². The number of hydrogen-bond acceptors (Lipinski definition) is 1. The van der Waals surface area contributed by atoms with Gasteiger partial charge in [-0.3, -0.25) is 0 Å². The van der Waals surface area contributed by atoms with Crippen LogP contribution in [0.5, 0.6) is 5.75 Å². The first-order valence-corrected chi connectivity index (χ1v) is 4.53. The summed E-state index contributed by atoms with van der Waals surface area (Å²) in [4.78, 5) is 0. The van der Waals surface area contributed by atoms with E-state index in [-0.39, 0.29) is 21.4 Å². The molecule has 0 N–H and O–H groups in total. The lowest BCUT2D eigenvalue weighted by atomic mass is 10.1. The van der Waals surface area contributed by atoms with Crippen LogP contribution in [0.4, 0.5) is 8.78 Å². The summed E-state index contributed by atoms with van der Waals surface area (Å²) in [6, 6.07) is 2.50. The maximum absolute atomic E-state index is 13.1. The Morgan fingerprint density at radius 3 is 2.29 bits per heavy atom. The highest BCUT2D eigenvalue weighted by Gasteiger charge is 2.30. The minimum Gasteiger partial charge on any atom is -0.495 e. The highest BCUT2D eigenvalue weighted by atomic mass is 35.5. The third kappa shape index (κ3) is 2.28. The number of hydrogen-bond donors (Lipinski definition) is 0. The average Bonchev–Trinajstić information content (AvgIpc) is 2.01. The molecule has 1 nitrogen and oxygen atoms in total. The molecule has 5 heteroatoms. The summed E-state index contributed by atoms with van der Waals surface area (Å²) < 4.78 is 30.9. The largest absolute Gasteiger partial charge is 0.495 e. The number of rotatable bonds is 2. The van der Waals surface area contributed by atoms with Crippen LogP contribution in [0, 0.1) is 0 Å². The van der Waals surface area contributed by atoms with Gasteiger partial charge in [0.1, 0.15) is 5.75 Å². The van der Waals surface area contributed by atoms with Gasteiger partial charge in [-0.2, -0.15) is 0 Å². The van der Waals surface area contributed by atoms with Crippen LogP contribution in [0.25, 0.3) is 0 Å². The van der Waals surface area contributed by atoms with Crippen LogP contribution in [0.15, 0.2) is 12.1 Å². The summed E-state index contributed by atoms with van der Waals surface area (Å²) in [5.74, 6) is -3.07. The fourth-order valence-electron chi connectivity index (χ4n) is 1.09. The molecule has 0 saturated carbocycles. The molecule has 0 atom stereocenters. The van der Waals surface area contributed by atoms with Gasteiger partial charge >= 0.3 is 0 Å². The second kappa shape index (κ2) is 3.91. The van der Waals surface area contributed by atoms with Gasteiger partial charge in [0.25, 0.3) is 5.92 Å². The van der Waals surface area contributed by atoms with Crippen molar-refractivity contribution < 1.29 is 13.5 Å². The molecule has 0 aromatic heterocycles. The fraction of sp³-hybridized carbons (Fsp3) is 0.333. The molecule has 1 rings (SSSR count). The van der Waals surface area contributed by atoms with Crippen LogP contribution in [-0.2, 0) is 5.92 Å². The molecule has 1 aromatic rings. The quantitative estimate of drug-likeness (QED) is 0.756. The third-order valence-corrected chi connectivity index (χ3v) is 2.18. The van der Waals surface area contributed by atoms with Crippen LogP contribution in [0.2, 0.25) is 10.0 Å². The van der Waals surface area contributed by atoms with Gasteiger partial charge in [-0.15, -0.1) is 0 Å². The molecular weight excluding hydrogens is 233 g/mol. The molecule has 0 aliphatic carbocycles. The molecule has 0 amide bonds. The Labute approximate surface area is 90.6 Å². The van der Waals surface area contributed by atoms with Gasteiger partial charge < -0.3 is 4.74 Å². The van der Waals surface area contributed by atoms with Gasteiger partial charge in [-0.25, -0.2) is 8.78 Å². The van der Waals surface area contributed by atoms with Crippen molar-refractivity contribution in [3.05, 3.63) is 27.7 Å². The maximum atomic E-state index is 13.1. The standard InChI is InChI=1S/C9H8Cl2F2O/c1-9(12,13)6-3-5(10)4-7(11)8(6)14-2/h3-4H,1-2H3. The summed E-state index contributed by atoms with van der Waals surface area (Å²) in [6.07, 6.45) is 0. The van der Waals surface area contributed by atoms with Crippen LogP contribution in [-0.4, -0.2) is 7.11 Å². The molecule has 1 aromatic carbocycles. The first-order valence-electron chi connectivity index (χ1n) is 3.77. The molecule has 0 saturated heterocycles. The third-order valence-electron chi connectivity index (χ3n) is 1.69. The number of halogens is 4. The first-order chi connectivity index (χ1) is 6.36. The average molecular weight is 241 g/mol. The number of ether oxygens (including phenoxy) is 1. The molecular formula is C9H8Cl2F2O. The lowest BCUT2D eigenvalue weighted by Gasteiger charge is -2.16. The summed E-state index contributed by atoms with van der Waals surface area (Å²) in [5, 5.41) is 0.240. The lowest BCUT2D eigenvalue weighted by molar-refractivity contribution is 0.0151. The van der Waals surface area contributed by atoms with Crippen LogP contribution < -0.4 is 4.74 Å². The number of alkyl halides is 2. The Bertz CT molecular complexity index is 347. The first kappa shape index (κ1) is 11.5. The van der Waals surface area contributed by atoms with Crippen LogP contribution >= 0.6 is 23.2 Å². The van der Waals surface area contributed by atoms with Crippen molar-refractivity contribution in [2.75, 3.05) is 7.11 Å². The van der Waals surface area contributed by atoms with Gasteiger partial charge in [-0.05, 0) is 12.1 Å².